The van der Waals surface area contributed by atoms with E-state index in [2.05, 4.69) is 5.32 Å². The topological polar surface area (TPSA) is 66.5 Å². The Morgan fingerprint density at radius 2 is 1.79 bits per heavy atom. The van der Waals surface area contributed by atoms with Crippen molar-refractivity contribution in [3.63, 3.8) is 0 Å². The minimum atomic E-state index is -3.70. The lowest BCUT2D eigenvalue weighted by Crippen LogP contribution is -2.38. The quantitative estimate of drug-likeness (QED) is 0.829. The van der Waals surface area contributed by atoms with Crippen LogP contribution in [0.1, 0.15) is 5.56 Å². The highest BCUT2D eigenvalue weighted by atomic mass is 35.5. The number of hydrogen-bond acceptors (Lipinski definition) is 3. The van der Waals surface area contributed by atoms with Gasteiger partial charge < -0.3 is 5.32 Å². The van der Waals surface area contributed by atoms with E-state index in [1.165, 1.54) is 19.2 Å². The van der Waals surface area contributed by atoms with E-state index < -0.39 is 15.9 Å². The highest BCUT2D eigenvalue weighted by molar-refractivity contribution is 7.89. The van der Waals surface area contributed by atoms with Crippen molar-refractivity contribution in [2.24, 2.45) is 0 Å². The van der Waals surface area contributed by atoms with Crippen molar-refractivity contribution >= 4 is 39.1 Å². The van der Waals surface area contributed by atoms with Crippen LogP contribution in [0.15, 0.2) is 53.4 Å². The summed E-state index contributed by atoms with van der Waals surface area (Å²) >= 11 is 11.8. The van der Waals surface area contributed by atoms with Gasteiger partial charge in [0.05, 0.1) is 11.4 Å². The average molecular weight is 387 g/mol. The molecule has 0 radical (unpaired) electrons. The van der Waals surface area contributed by atoms with Crippen LogP contribution in [0, 0.1) is 0 Å². The maximum Gasteiger partial charge on any atom is 0.243 e. The third-order valence-corrected chi connectivity index (χ3v) is 5.71. The van der Waals surface area contributed by atoms with Crippen LogP contribution in [0.2, 0.25) is 10.0 Å². The van der Waals surface area contributed by atoms with Crippen molar-refractivity contribution in [1.29, 1.82) is 0 Å². The number of benzene rings is 2. The molecule has 24 heavy (non-hydrogen) atoms. The highest BCUT2D eigenvalue weighted by Crippen LogP contribution is 2.20. The number of sulfonamides is 1. The van der Waals surface area contributed by atoms with E-state index >= 15 is 0 Å². The first-order valence-corrected chi connectivity index (χ1v) is 9.22. The van der Waals surface area contributed by atoms with Gasteiger partial charge in [-0.05, 0) is 29.8 Å². The van der Waals surface area contributed by atoms with Gasteiger partial charge in [0, 0.05) is 23.6 Å². The summed E-state index contributed by atoms with van der Waals surface area (Å²) in [5.74, 6) is -0.428. The van der Waals surface area contributed by atoms with E-state index in [0.29, 0.717) is 15.6 Å². The zero-order valence-electron chi connectivity index (χ0n) is 12.9. The third kappa shape index (κ3) is 4.70. The Balaban J connectivity index is 1.97. The fraction of sp³-hybridized carbons (Fsp3) is 0.188. The lowest BCUT2D eigenvalue weighted by atomic mass is 10.2. The first kappa shape index (κ1) is 18.7. The van der Waals surface area contributed by atoms with Crippen LogP contribution in [0.3, 0.4) is 0 Å². The number of carbonyl (C=O) groups excluding carboxylic acids is 1. The van der Waals surface area contributed by atoms with Crippen LogP contribution >= 0.6 is 23.2 Å². The van der Waals surface area contributed by atoms with Gasteiger partial charge >= 0.3 is 0 Å². The summed E-state index contributed by atoms with van der Waals surface area (Å²) in [6.07, 6.45) is 0. The van der Waals surface area contributed by atoms with Gasteiger partial charge in [-0.15, -0.1) is 0 Å². The molecule has 1 N–H and O–H groups in total. The second kappa shape index (κ2) is 7.98. The molecule has 0 saturated heterocycles. The summed E-state index contributed by atoms with van der Waals surface area (Å²) in [4.78, 5) is 12.1. The molecule has 0 aliphatic heterocycles. The Hall–Kier alpha value is -1.60. The molecule has 0 fully saturated rings. The molecular formula is C16H16Cl2N2O3S. The van der Waals surface area contributed by atoms with Gasteiger partial charge in [-0.1, -0.05) is 47.5 Å². The summed E-state index contributed by atoms with van der Waals surface area (Å²) in [6.45, 7) is -0.101. The van der Waals surface area contributed by atoms with Crippen LogP contribution in [0.4, 0.5) is 0 Å². The fourth-order valence-electron chi connectivity index (χ4n) is 1.97. The predicted molar refractivity (Wildman–Crippen MR) is 94.6 cm³/mol. The number of carbonyl (C=O) groups is 1. The van der Waals surface area contributed by atoms with Gasteiger partial charge in [0.15, 0.2) is 0 Å². The molecule has 0 heterocycles. The van der Waals surface area contributed by atoms with Crippen molar-refractivity contribution in [2.45, 2.75) is 11.4 Å². The first-order chi connectivity index (χ1) is 11.3. The van der Waals surface area contributed by atoms with E-state index in [1.54, 1.807) is 36.4 Å². The van der Waals surface area contributed by atoms with Gasteiger partial charge in [0.1, 0.15) is 0 Å². The molecule has 1 amide bonds. The molecule has 0 saturated carbocycles. The minimum Gasteiger partial charge on any atom is -0.351 e. The molecule has 2 rings (SSSR count). The molecule has 0 atom stereocenters. The van der Waals surface area contributed by atoms with Crippen LogP contribution < -0.4 is 5.32 Å². The molecule has 0 spiro atoms. The molecule has 2 aromatic rings. The molecule has 0 aliphatic rings. The van der Waals surface area contributed by atoms with Gasteiger partial charge in [-0.25, -0.2) is 8.42 Å². The normalized spacial score (nSPS) is 11.5. The Bertz CT molecular complexity index is 826. The summed E-state index contributed by atoms with van der Waals surface area (Å²) in [7, 11) is -2.34. The van der Waals surface area contributed by atoms with Crippen LogP contribution in [-0.4, -0.2) is 32.2 Å². The lowest BCUT2D eigenvalue weighted by molar-refractivity contribution is -0.121. The lowest BCUT2D eigenvalue weighted by Gasteiger charge is -2.17. The van der Waals surface area contributed by atoms with Gasteiger partial charge in [-0.2, -0.15) is 4.31 Å². The summed E-state index contributed by atoms with van der Waals surface area (Å²) in [6, 6.07) is 12.9. The van der Waals surface area contributed by atoms with E-state index in [-0.39, 0.29) is 18.0 Å². The van der Waals surface area contributed by atoms with E-state index in [4.69, 9.17) is 23.2 Å². The summed E-state index contributed by atoms with van der Waals surface area (Å²) in [5.41, 5.74) is 0.697. The zero-order chi connectivity index (χ0) is 17.7. The van der Waals surface area contributed by atoms with E-state index in [1.807, 2.05) is 0 Å². The number of hydrogen-bond donors (Lipinski definition) is 1. The summed E-state index contributed by atoms with van der Waals surface area (Å²) < 4.78 is 25.7. The van der Waals surface area contributed by atoms with E-state index in [0.717, 1.165) is 4.31 Å². The number of likely N-dealkylation sites (N-methyl/N-ethyl adjacent to an activating group) is 1. The number of rotatable bonds is 6. The van der Waals surface area contributed by atoms with Gasteiger partial charge in [0.25, 0.3) is 0 Å². The predicted octanol–water partition coefficient (Wildman–Crippen LogP) is 2.93. The van der Waals surface area contributed by atoms with Gasteiger partial charge in [0.2, 0.25) is 15.9 Å². The number of amides is 1. The number of halogens is 2. The molecular weight excluding hydrogens is 371 g/mol. The molecule has 0 aromatic heterocycles. The SMILES string of the molecule is CN(CC(=O)NCc1ccc(Cl)cc1Cl)S(=O)(=O)c1ccccc1. The van der Waals surface area contributed by atoms with Crippen molar-refractivity contribution in [2.75, 3.05) is 13.6 Å². The van der Waals surface area contributed by atoms with Crippen molar-refractivity contribution in [3.8, 4) is 0 Å². The molecule has 2 aromatic carbocycles. The minimum absolute atomic E-state index is 0.140. The Labute approximate surface area is 151 Å². The monoisotopic (exact) mass is 386 g/mol. The molecule has 0 aliphatic carbocycles. The smallest absolute Gasteiger partial charge is 0.243 e. The molecule has 8 heteroatoms. The van der Waals surface area contributed by atoms with Crippen LogP contribution in [-0.2, 0) is 21.4 Å². The Morgan fingerprint density at radius 1 is 1.12 bits per heavy atom. The van der Waals surface area contributed by atoms with Crippen LogP contribution in [0.5, 0.6) is 0 Å². The van der Waals surface area contributed by atoms with Crippen molar-refractivity contribution < 1.29 is 13.2 Å². The number of nitrogens with one attached hydrogen (secondary N) is 1. The summed E-state index contributed by atoms with van der Waals surface area (Å²) in [5, 5.41) is 3.58. The van der Waals surface area contributed by atoms with Crippen LogP contribution in [0.25, 0.3) is 0 Å². The zero-order valence-corrected chi connectivity index (χ0v) is 15.2. The second-order valence-corrected chi connectivity index (χ2v) is 7.98. The number of nitrogens with zero attached hydrogens (tertiary/aromatic N) is 1. The molecule has 5 nitrogen and oxygen atoms in total. The molecule has 0 bridgehead atoms. The Kier molecular flexibility index (Phi) is 6.23. The second-order valence-electron chi connectivity index (χ2n) is 5.09. The maximum absolute atomic E-state index is 12.3. The molecule has 128 valence electrons. The average Bonchev–Trinajstić information content (AvgIpc) is 2.54. The maximum atomic E-state index is 12.3. The van der Waals surface area contributed by atoms with Crippen molar-refractivity contribution in [1.82, 2.24) is 9.62 Å². The van der Waals surface area contributed by atoms with Crippen molar-refractivity contribution in [3.05, 3.63) is 64.1 Å². The largest absolute Gasteiger partial charge is 0.351 e. The fourth-order valence-corrected chi connectivity index (χ4v) is 3.60. The Morgan fingerprint density at radius 3 is 2.42 bits per heavy atom. The van der Waals surface area contributed by atoms with E-state index in [9.17, 15) is 13.2 Å². The third-order valence-electron chi connectivity index (χ3n) is 3.31. The van der Waals surface area contributed by atoms with Gasteiger partial charge in [-0.3, -0.25) is 4.79 Å². The highest BCUT2D eigenvalue weighted by Gasteiger charge is 2.22. The standard InChI is InChI=1S/C16H16Cl2N2O3S/c1-20(24(22,23)14-5-3-2-4-6-14)11-16(21)19-10-12-7-8-13(17)9-15(12)18/h2-9H,10-11H2,1H3,(H,19,21). The molecule has 0 unspecified atom stereocenters. The first-order valence-electron chi connectivity index (χ1n) is 7.02.